The van der Waals surface area contributed by atoms with Crippen LogP contribution in [0.25, 0.3) is 0 Å². The van der Waals surface area contributed by atoms with Crippen LogP contribution in [-0.4, -0.2) is 97.0 Å². The van der Waals surface area contributed by atoms with E-state index in [4.69, 9.17) is 28.3 Å². The van der Waals surface area contributed by atoms with Gasteiger partial charge in [-0.05, 0) is 94.1 Å². The summed E-state index contributed by atoms with van der Waals surface area (Å²) in [6.45, 7) is 25.7. The van der Waals surface area contributed by atoms with Crippen LogP contribution in [0.4, 0.5) is 5.82 Å². The first-order valence-corrected chi connectivity index (χ1v) is 14.7. The Bertz CT molecular complexity index is 1040. The van der Waals surface area contributed by atoms with Gasteiger partial charge >= 0.3 is 7.12 Å². The lowest BCUT2D eigenvalue weighted by molar-refractivity contribution is -0.147. The molecule has 9 nitrogen and oxygen atoms in total. The zero-order chi connectivity index (χ0) is 31.1. The Kier molecular flexibility index (Phi) is 10.1. The van der Waals surface area contributed by atoms with E-state index in [-0.39, 0.29) is 5.92 Å². The SMILES string of the molecule is Cc1cc(B2OC(C)(C)C(C)(CC(C)C(C)(O[B][B]OC(C)(C)C(C)(C)O)C(C)(C)O)O2)cnc1N1CCOCC1. The second-order valence-electron chi connectivity index (χ2n) is 14.2. The first kappa shape index (κ1) is 34.4. The number of aryl methyl sites for hydroxylation is 1. The second-order valence-corrected chi connectivity index (χ2v) is 14.2. The number of anilines is 1. The lowest BCUT2D eigenvalue weighted by Crippen LogP contribution is -2.58. The number of aliphatic hydroxyl groups is 2. The van der Waals surface area contributed by atoms with E-state index in [0.717, 1.165) is 29.9 Å². The molecule has 1 aromatic heterocycles. The van der Waals surface area contributed by atoms with Crippen molar-refractivity contribution in [1.82, 2.24) is 4.98 Å². The van der Waals surface area contributed by atoms with E-state index in [2.05, 4.69) is 24.8 Å². The highest BCUT2D eigenvalue weighted by molar-refractivity contribution is 6.93. The van der Waals surface area contributed by atoms with Crippen molar-refractivity contribution in [2.75, 3.05) is 31.2 Å². The molecule has 12 heteroatoms. The van der Waals surface area contributed by atoms with Crippen molar-refractivity contribution < 1.29 is 33.6 Å². The molecule has 3 atom stereocenters. The van der Waals surface area contributed by atoms with Crippen LogP contribution in [0.5, 0.6) is 0 Å². The topological polar surface area (TPSA) is 103 Å². The van der Waals surface area contributed by atoms with Gasteiger partial charge in [0.25, 0.3) is 14.7 Å². The molecule has 0 aliphatic carbocycles. The molecule has 2 N–H and O–H groups in total. The number of nitrogens with zero attached hydrogens (tertiary/aromatic N) is 2. The van der Waals surface area contributed by atoms with Gasteiger partial charge in [0, 0.05) is 24.7 Å². The van der Waals surface area contributed by atoms with Gasteiger partial charge in [0.15, 0.2) is 0 Å². The predicted octanol–water partition coefficient (Wildman–Crippen LogP) is 2.80. The summed E-state index contributed by atoms with van der Waals surface area (Å²) in [5, 5.41) is 21.6. The van der Waals surface area contributed by atoms with Crippen molar-refractivity contribution in [3.63, 3.8) is 0 Å². The van der Waals surface area contributed by atoms with Crippen LogP contribution < -0.4 is 10.4 Å². The van der Waals surface area contributed by atoms with E-state index < -0.39 is 40.7 Å². The molecule has 2 saturated heterocycles. The van der Waals surface area contributed by atoms with Gasteiger partial charge in [0.1, 0.15) is 5.82 Å². The molecule has 228 valence electrons. The van der Waals surface area contributed by atoms with E-state index in [1.54, 1.807) is 41.5 Å². The Labute approximate surface area is 249 Å². The summed E-state index contributed by atoms with van der Waals surface area (Å²) < 4.78 is 30.7. The van der Waals surface area contributed by atoms with Crippen molar-refractivity contribution in [1.29, 1.82) is 0 Å². The van der Waals surface area contributed by atoms with Crippen LogP contribution in [0.2, 0.25) is 0 Å². The summed E-state index contributed by atoms with van der Waals surface area (Å²) in [4.78, 5) is 7.02. The van der Waals surface area contributed by atoms with Crippen LogP contribution in [0.15, 0.2) is 12.3 Å². The minimum Gasteiger partial charge on any atom is -0.440 e. The number of ether oxygens (including phenoxy) is 1. The smallest absolute Gasteiger partial charge is 0.440 e. The molecule has 0 spiro atoms. The highest BCUT2D eigenvalue weighted by atomic mass is 16.7. The summed E-state index contributed by atoms with van der Waals surface area (Å²) in [6.07, 6.45) is 2.40. The summed E-state index contributed by atoms with van der Waals surface area (Å²) in [5.41, 5.74) is -3.45. The lowest BCUT2D eigenvalue weighted by Gasteiger charge is -2.49. The third-order valence-corrected chi connectivity index (χ3v) is 9.75. The van der Waals surface area contributed by atoms with Gasteiger partial charge in [-0.3, -0.25) is 0 Å². The number of hydrogen-bond acceptors (Lipinski definition) is 9. The fourth-order valence-electron chi connectivity index (χ4n) is 5.20. The average Bonchev–Trinajstić information content (AvgIpc) is 3.08. The van der Waals surface area contributed by atoms with Crippen molar-refractivity contribution >= 4 is 33.1 Å². The molecule has 3 unspecified atom stereocenters. The highest BCUT2D eigenvalue weighted by Gasteiger charge is 2.57. The van der Waals surface area contributed by atoms with Crippen molar-refractivity contribution in [3.05, 3.63) is 17.8 Å². The molecule has 2 fully saturated rings. The molecule has 2 aliphatic heterocycles. The normalized spacial score (nSPS) is 24.2. The molecule has 0 saturated carbocycles. The fourth-order valence-corrected chi connectivity index (χ4v) is 5.20. The summed E-state index contributed by atoms with van der Waals surface area (Å²) in [5.74, 6) is 0.802. The van der Waals surface area contributed by atoms with Crippen molar-refractivity contribution in [3.8, 4) is 0 Å². The molecule has 0 amide bonds. The molecule has 2 radical (unpaired) electrons. The summed E-state index contributed by atoms with van der Waals surface area (Å²) >= 11 is 0. The lowest BCUT2D eigenvalue weighted by atomic mass is 9.61. The Hall–Kier alpha value is -1.14. The number of aromatic nitrogens is 1. The minimum atomic E-state index is -1.20. The minimum absolute atomic E-state index is 0.162. The quantitative estimate of drug-likeness (QED) is 0.289. The van der Waals surface area contributed by atoms with Gasteiger partial charge in [-0.25, -0.2) is 4.98 Å². The van der Waals surface area contributed by atoms with Crippen LogP contribution in [-0.2, 0) is 23.4 Å². The monoisotopic (exact) mass is 572 g/mol. The summed E-state index contributed by atoms with van der Waals surface area (Å²) in [7, 11) is 2.31. The van der Waals surface area contributed by atoms with Crippen molar-refractivity contribution in [2.45, 2.75) is 123 Å². The van der Waals surface area contributed by atoms with Crippen LogP contribution in [0.1, 0.15) is 88.1 Å². The first-order valence-electron chi connectivity index (χ1n) is 14.7. The van der Waals surface area contributed by atoms with Gasteiger partial charge in [0.05, 0.1) is 46.8 Å². The van der Waals surface area contributed by atoms with Crippen molar-refractivity contribution in [2.24, 2.45) is 5.92 Å². The number of rotatable bonds is 12. The maximum atomic E-state index is 11.2. The molecule has 3 rings (SSSR count). The maximum Gasteiger partial charge on any atom is 0.496 e. The first-order chi connectivity index (χ1) is 18.6. The Morgan fingerprint density at radius 2 is 1.59 bits per heavy atom. The van der Waals surface area contributed by atoms with E-state index >= 15 is 0 Å². The number of pyridine rings is 1. The molecule has 41 heavy (non-hydrogen) atoms. The molecule has 0 aromatic carbocycles. The standard InChI is InChI=1S/C29H51B3N2O7/c1-20-17-22(19-33-23(20)34-13-15-37-16-14-34)32-40-27(9,10)28(11,41-32)18-21(2)29(12,25(5,6)36)39-31-30-38-26(7,8)24(3,4)35/h17,19,21,35-36H,13-16,18H2,1-12H3. The van der Waals surface area contributed by atoms with Gasteiger partial charge in [-0.2, -0.15) is 0 Å². The van der Waals surface area contributed by atoms with Crippen LogP contribution >= 0.6 is 0 Å². The maximum absolute atomic E-state index is 11.2. The average molecular weight is 572 g/mol. The zero-order valence-electron chi connectivity index (χ0n) is 27.3. The van der Waals surface area contributed by atoms with E-state index in [9.17, 15) is 10.2 Å². The van der Waals surface area contributed by atoms with E-state index in [1.807, 2.05) is 33.9 Å². The molecule has 1 aromatic rings. The Morgan fingerprint density at radius 1 is 1.00 bits per heavy atom. The molecular formula is C29H51B3N2O7. The zero-order valence-corrected chi connectivity index (χ0v) is 27.3. The predicted molar refractivity (Wildman–Crippen MR) is 165 cm³/mol. The number of hydrogen-bond donors (Lipinski definition) is 2. The Balaban J connectivity index is 1.73. The third-order valence-electron chi connectivity index (χ3n) is 9.75. The molecule has 3 heterocycles. The van der Waals surface area contributed by atoms with Gasteiger partial charge < -0.3 is 38.5 Å². The van der Waals surface area contributed by atoms with Gasteiger partial charge in [0.2, 0.25) is 0 Å². The molecule has 2 aliphatic rings. The summed E-state index contributed by atoms with van der Waals surface area (Å²) in [6, 6.07) is 2.09. The van der Waals surface area contributed by atoms with Gasteiger partial charge in [-0.1, -0.05) is 13.0 Å². The van der Waals surface area contributed by atoms with Crippen LogP contribution in [0, 0.1) is 12.8 Å². The Morgan fingerprint density at radius 3 is 2.12 bits per heavy atom. The van der Waals surface area contributed by atoms with Gasteiger partial charge in [-0.15, -0.1) is 0 Å². The fraction of sp³-hybridized carbons (Fsp3) is 0.828. The highest BCUT2D eigenvalue weighted by Crippen LogP contribution is 2.46. The molecular weight excluding hydrogens is 521 g/mol. The second kappa shape index (κ2) is 12.1. The third kappa shape index (κ3) is 7.33. The van der Waals surface area contributed by atoms with E-state index in [1.165, 1.54) is 14.7 Å². The molecule has 0 bridgehead atoms. The number of morpholine rings is 1. The largest absolute Gasteiger partial charge is 0.496 e. The van der Waals surface area contributed by atoms with Crippen LogP contribution in [0.3, 0.4) is 0 Å². The van der Waals surface area contributed by atoms with E-state index in [0.29, 0.717) is 19.6 Å².